The van der Waals surface area contributed by atoms with Crippen LogP contribution in [0.15, 0.2) is 41.2 Å². The molecule has 144 valence electrons. The van der Waals surface area contributed by atoms with Crippen LogP contribution in [-0.4, -0.2) is 20.4 Å². The molecule has 2 aromatic heterocycles. The molecule has 28 heavy (non-hydrogen) atoms. The first-order chi connectivity index (χ1) is 13.4. The molecule has 0 aliphatic carbocycles. The Kier molecular flexibility index (Phi) is 4.55. The van der Waals surface area contributed by atoms with Gasteiger partial charge in [-0.1, -0.05) is 23.8 Å². The third-order valence-electron chi connectivity index (χ3n) is 5.36. The second-order valence-electron chi connectivity index (χ2n) is 7.35. The minimum atomic E-state index is -0.188. The lowest BCUT2D eigenvalue weighted by Crippen LogP contribution is -2.26. The van der Waals surface area contributed by atoms with Crippen LogP contribution >= 0.6 is 0 Å². The van der Waals surface area contributed by atoms with E-state index in [1.807, 2.05) is 24.3 Å². The first kappa shape index (κ1) is 18.1. The van der Waals surface area contributed by atoms with E-state index in [1.165, 1.54) is 16.5 Å². The highest BCUT2D eigenvalue weighted by Crippen LogP contribution is 2.26. The van der Waals surface area contributed by atoms with Crippen molar-refractivity contribution in [1.82, 2.24) is 19.9 Å². The highest BCUT2D eigenvalue weighted by atomic mass is 16.2. The Morgan fingerprint density at radius 3 is 2.71 bits per heavy atom. The first-order valence-electron chi connectivity index (χ1n) is 9.46. The fourth-order valence-electron chi connectivity index (χ4n) is 3.75. The second-order valence-corrected chi connectivity index (χ2v) is 7.35. The highest BCUT2D eigenvalue weighted by molar-refractivity contribution is 5.88. The van der Waals surface area contributed by atoms with Gasteiger partial charge in [-0.05, 0) is 50.1 Å². The van der Waals surface area contributed by atoms with E-state index in [1.54, 1.807) is 4.57 Å². The average Bonchev–Trinajstić information content (AvgIpc) is 3.14. The number of rotatable bonds is 5. The molecule has 0 saturated carbocycles. The summed E-state index contributed by atoms with van der Waals surface area (Å²) in [5.41, 5.74) is 7.12. The third kappa shape index (κ3) is 3.22. The molecule has 0 atom stereocenters. The topological polar surface area (TPSA) is 82.7 Å². The molecule has 1 amide bonds. The Hall–Kier alpha value is -3.28. The summed E-state index contributed by atoms with van der Waals surface area (Å²) in [5, 5.41) is 4.19. The van der Waals surface area contributed by atoms with E-state index >= 15 is 0 Å². The summed E-state index contributed by atoms with van der Waals surface area (Å²) < 4.78 is 1.61. The maximum Gasteiger partial charge on any atom is 0.326 e. The molecule has 2 aromatic carbocycles. The van der Waals surface area contributed by atoms with Gasteiger partial charge < -0.3 is 15.3 Å². The number of nitrogens with one attached hydrogen (secondary N) is 3. The van der Waals surface area contributed by atoms with Gasteiger partial charge in [0.25, 0.3) is 0 Å². The van der Waals surface area contributed by atoms with E-state index in [9.17, 15) is 9.59 Å². The Balaban J connectivity index is 1.46. The number of imidazole rings is 1. The molecule has 0 unspecified atom stereocenters. The van der Waals surface area contributed by atoms with Crippen LogP contribution in [0.25, 0.3) is 21.9 Å². The number of para-hydroxylation sites is 2. The normalized spacial score (nSPS) is 11.4. The van der Waals surface area contributed by atoms with Crippen molar-refractivity contribution in [2.24, 2.45) is 0 Å². The summed E-state index contributed by atoms with van der Waals surface area (Å²) in [6.07, 6.45) is 0.249. The van der Waals surface area contributed by atoms with Crippen molar-refractivity contribution < 1.29 is 4.79 Å². The molecule has 0 fully saturated rings. The number of carbonyl (C=O) groups is 1. The molecule has 4 aromatic rings. The van der Waals surface area contributed by atoms with Gasteiger partial charge in [0, 0.05) is 30.6 Å². The van der Waals surface area contributed by atoms with Crippen LogP contribution in [-0.2, 0) is 17.9 Å². The van der Waals surface area contributed by atoms with E-state index in [4.69, 9.17) is 0 Å². The van der Waals surface area contributed by atoms with Crippen LogP contribution in [0.1, 0.15) is 28.8 Å². The lowest BCUT2D eigenvalue weighted by Gasteiger charge is -2.09. The molecule has 0 aliphatic rings. The Labute approximate surface area is 162 Å². The third-order valence-corrected chi connectivity index (χ3v) is 5.36. The number of amides is 1. The maximum atomic E-state index is 12.4. The Morgan fingerprint density at radius 1 is 1.11 bits per heavy atom. The zero-order valence-corrected chi connectivity index (χ0v) is 16.3. The van der Waals surface area contributed by atoms with Crippen molar-refractivity contribution in [3.05, 3.63) is 69.3 Å². The Morgan fingerprint density at radius 2 is 1.89 bits per heavy atom. The number of benzene rings is 2. The highest BCUT2D eigenvalue weighted by Gasteiger charge is 2.12. The number of aromatic nitrogens is 3. The number of hydrogen-bond acceptors (Lipinski definition) is 2. The number of fused-ring (bicyclic) bond motifs is 2. The van der Waals surface area contributed by atoms with E-state index in [0.29, 0.717) is 13.1 Å². The van der Waals surface area contributed by atoms with Crippen molar-refractivity contribution in [2.75, 3.05) is 0 Å². The number of aromatic amines is 2. The van der Waals surface area contributed by atoms with E-state index < -0.39 is 0 Å². The fraction of sp³-hybridized carbons (Fsp3) is 0.273. The van der Waals surface area contributed by atoms with Crippen LogP contribution in [0.2, 0.25) is 0 Å². The summed E-state index contributed by atoms with van der Waals surface area (Å²) in [6, 6.07) is 11.8. The molecule has 6 heteroatoms. The van der Waals surface area contributed by atoms with Crippen molar-refractivity contribution in [3.63, 3.8) is 0 Å². The van der Waals surface area contributed by atoms with E-state index in [0.717, 1.165) is 27.8 Å². The van der Waals surface area contributed by atoms with Gasteiger partial charge in [-0.15, -0.1) is 0 Å². The number of hydrogen-bond donors (Lipinski definition) is 3. The van der Waals surface area contributed by atoms with Crippen LogP contribution in [0.5, 0.6) is 0 Å². The SMILES string of the molecule is Cc1cc(CNC(=O)CCn2c(=O)[nH]c3ccccc32)c2[nH]c(C)c(C)c2c1. The predicted octanol–water partition coefficient (Wildman–Crippen LogP) is 3.44. The van der Waals surface area contributed by atoms with Crippen LogP contribution in [0, 0.1) is 20.8 Å². The summed E-state index contributed by atoms with van der Waals surface area (Å²) >= 11 is 0. The van der Waals surface area contributed by atoms with Crippen molar-refractivity contribution in [2.45, 2.75) is 40.3 Å². The van der Waals surface area contributed by atoms with Crippen molar-refractivity contribution >= 4 is 27.8 Å². The number of nitrogens with zero attached hydrogens (tertiary/aromatic N) is 1. The molecule has 0 radical (unpaired) electrons. The van der Waals surface area contributed by atoms with E-state index in [-0.39, 0.29) is 18.0 Å². The van der Waals surface area contributed by atoms with Gasteiger partial charge >= 0.3 is 5.69 Å². The predicted molar refractivity (Wildman–Crippen MR) is 112 cm³/mol. The smallest absolute Gasteiger partial charge is 0.326 e. The molecule has 4 rings (SSSR count). The number of carbonyl (C=O) groups excluding carboxylic acids is 1. The minimum Gasteiger partial charge on any atom is -0.358 e. The van der Waals surface area contributed by atoms with Gasteiger partial charge in [-0.25, -0.2) is 4.79 Å². The van der Waals surface area contributed by atoms with Crippen molar-refractivity contribution in [1.29, 1.82) is 0 Å². The maximum absolute atomic E-state index is 12.4. The number of H-pyrrole nitrogens is 2. The largest absolute Gasteiger partial charge is 0.358 e. The Bertz CT molecular complexity index is 1240. The van der Waals surface area contributed by atoms with Gasteiger partial charge in [0.2, 0.25) is 5.91 Å². The lowest BCUT2D eigenvalue weighted by atomic mass is 10.0. The molecular weight excluding hydrogens is 352 g/mol. The number of aryl methyl sites for hydroxylation is 4. The van der Waals surface area contributed by atoms with E-state index in [2.05, 4.69) is 48.2 Å². The summed E-state index contributed by atoms with van der Waals surface area (Å²) in [4.78, 5) is 30.8. The van der Waals surface area contributed by atoms with Crippen LogP contribution in [0.4, 0.5) is 0 Å². The summed E-state index contributed by atoms with van der Waals surface area (Å²) in [5.74, 6) is -0.0770. The molecule has 2 heterocycles. The summed E-state index contributed by atoms with van der Waals surface area (Å²) in [6.45, 7) is 7.04. The van der Waals surface area contributed by atoms with Gasteiger partial charge in [-0.3, -0.25) is 9.36 Å². The molecule has 0 saturated heterocycles. The van der Waals surface area contributed by atoms with Gasteiger partial charge in [-0.2, -0.15) is 0 Å². The monoisotopic (exact) mass is 376 g/mol. The van der Waals surface area contributed by atoms with Gasteiger partial charge in [0.1, 0.15) is 0 Å². The lowest BCUT2D eigenvalue weighted by molar-refractivity contribution is -0.121. The standard InChI is InChI=1S/C22H24N4O2/c1-13-10-16(21-17(11-13)14(2)15(3)24-21)12-23-20(27)8-9-26-19-7-5-4-6-18(19)25-22(26)28/h4-7,10-11,24H,8-9,12H2,1-3H3,(H,23,27)(H,25,28). The molecule has 0 aliphatic heterocycles. The average molecular weight is 376 g/mol. The minimum absolute atomic E-state index is 0.0770. The van der Waals surface area contributed by atoms with Crippen LogP contribution in [0.3, 0.4) is 0 Å². The molecule has 0 bridgehead atoms. The zero-order chi connectivity index (χ0) is 19.8. The first-order valence-corrected chi connectivity index (χ1v) is 9.46. The molecule has 6 nitrogen and oxygen atoms in total. The summed E-state index contributed by atoms with van der Waals surface area (Å²) in [7, 11) is 0. The molecule has 0 spiro atoms. The van der Waals surface area contributed by atoms with Crippen LogP contribution < -0.4 is 11.0 Å². The van der Waals surface area contributed by atoms with Gasteiger partial charge in [0.05, 0.1) is 16.6 Å². The fourth-order valence-corrected chi connectivity index (χ4v) is 3.75. The second kappa shape index (κ2) is 7.03. The molecule has 3 N–H and O–H groups in total. The van der Waals surface area contributed by atoms with Crippen molar-refractivity contribution in [3.8, 4) is 0 Å². The molecular formula is C22H24N4O2. The van der Waals surface area contributed by atoms with Gasteiger partial charge in [0.15, 0.2) is 0 Å². The quantitative estimate of drug-likeness (QED) is 0.499. The zero-order valence-electron chi connectivity index (χ0n) is 16.3.